The van der Waals surface area contributed by atoms with Crippen LogP contribution in [0.3, 0.4) is 0 Å². The molecule has 0 spiro atoms. The molecule has 2 aromatic rings. The molecular formula is C19H27ClN4O4S. The Morgan fingerprint density at radius 3 is 2.66 bits per heavy atom. The van der Waals surface area contributed by atoms with Crippen LogP contribution in [0.2, 0.25) is 5.02 Å². The second-order valence-corrected chi connectivity index (χ2v) is 9.74. The number of nitrogens with one attached hydrogen (secondary N) is 1. The normalized spacial score (nSPS) is 22.9. The lowest BCUT2D eigenvalue weighted by atomic mass is 9.98. The molecule has 0 radical (unpaired) electrons. The lowest BCUT2D eigenvalue weighted by Gasteiger charge is -2.36. The molecule has 2 heterocycles. The van der Waals surface area contributed by atoms with Gasteiger partial charge in [0, 0.05) is 17.8 Å². The Hall–Kier alpha value is -1.52. The Balaban J connectivity index is 1.56. The molecule has 3 rings (SSSR count). The van der Waals surface area contributed by atoms with E-state index in [4.69, 9.17) is 16.3 Å². The third-order valence-electron chi connectivity index (χ3n) is 5.05. The largest absolute Gasteiger partial charge is 0.394 e. The molecular weight excluding hydrogens is 416 g/mol. The average molecular weight is 443 g/mol. The number of aliphatic hydroxyl groups excluding tert-OH is 1. The zero-order chi connectivity index (χ0) is 21.0. The molecule has 160 valence electrons. The van der Waals surface area contributed by atoms with E-state index in [9.17, 15) is 13.5 Å². The quantitative estimate of drug-likeness (QED) is 0.649. The molecule has 10 heteroatoms. The third kappa shape index (κ3) is 5.76. The van der Waals surface area contributed by atoms with E-state index in [1.807, 2.05) is 6.20 Å². The van der Waals surface area contributed by atoms with Crippen molar-refractivity contribution < 1.29 is 18.3 Å². The Morgan fingerprint density at radius 1 is 1.31 bits per heavy atom. The van der Waals surface area contributed by atoms with Crippen LogP contribution in [0.5, 0.6) is 0 Å². The number of hydrogen-bond donors (Lipinski definition) is 2. The highest BCUT2D eigenvalue weighted by atomic mass is 35.5. The first kappa shape index (κ1) is 22.2. The molecule has 0 amide bonds. The Morgan fingerprint density at radius 2 is 2.03 bits per heavy atom. The number of sulfonamides is 1. The van der Waals surface area contributed by atoms with E-state index >= 15 is 0 Å². The van der Waals surface area contributed by atoms with Crippen molar-refractivity contribution in [3.05, 3.63) is 41.2 Å². The smallest absolute Gasteiger partial charge is 0.240 e. The number of nitrogens with zero attached hydrogens (tertiary/aromatic N) is 3. The minimum atomic E-state index is -3.72. The molecule has 1 aliphatic heterocycles. The highest BCUT2D eigenvalue weighted by Crippen LogP contribution is 2.24. The highest BCUT2D eigenvalue weighted by molar-refractivity contribution is 7.89. The minimum absolute atomic E-state index is 0.0739. The van der Waals surface area contributed by atoms with Gasteiger partial charge >= 0.3 is 0 Å². The number of aliphatic hydroxyl groups is 1. The third-order valence-corrected chi connectivity index (χ3v) is 6.81. The van der Waals surface area contributed by atoms with Crippen LogP contribution >= 0.6 is 11.6 Å². The van der Waals surface area contributed by atoms with E-state index in [-0.39, 0.29) is 17.6 Å². The van der Waals surface area contributed by atoms with Gasteiger partial charge in [0.25, 0.3) is 0 Å². The van der Waals surface area contributed by atoms with Crippen molar-refractivity contribution in [2.45, 2.75) is 68.7 Å². The van der Waals surface area contributed by atoms with Gasteiger partial charge in [-0.05, 0) is 49.4 Å². The molecule has 1 saturated heterocycles. The maximum absolute atomic E-state index is 12.6. The molecule has 1 fully saturated rings. The van der Waals surface area contributed by atoms with Crippen LogP contribution < -0.4 is 4.72 Å². The Bertz CT molecular complexity index is 901. The second kappa shape index (κ2) is 9.53. The van der Waals surface area contributed by atoms with Gasteiger partial charge in [-0.15, -0.1) is 5.10 Å². The molecule has 1 aromatic carbocycles. The van der Waals surface area contributed by atoms with Crippen molar-refractivity contribution in [3.63, 3.8) is 0 Å². The summed E-state index contributed by atoms with van der Waals surface area (Å²) in [6.45, 7) is 4.53. The summed E-state index contributed by atoms with van der Waals surface area (Å²) in [5, 5.41) is 18.5. The summed E-state index contributed by atoms with van der Waals surface area (Å²) in [5.41, 5.74) is 0.944. The maximum Gasteiger partial charge on any atom is 0.240 e. The monoisotopic (exact) mass is 442 g/mol. The standard InChI is InChI=1S/C19H27ClN4O4S/c1-13(2)18-11-24(23-21-18)10-9-15-5-8-17(19(12-25)28-15)22-29(26,27)16-6-3-14(20)4-7-16/h3-4,6-7,11,13,15,17,19,22,25H,5,8-10,12H2,1-2H3/t15-,17-,19+/m1/s1. The van der Waals surface area contributed by atoms with E-state index < -0.39 is 22.2 Å². The number of aryl methyl sites for hydroxylation is 1. The number of rotatable bonds is 8. The van der Waals surface area contributed by atoms with E-state index in [0.29, 0.717) is 36.7 Å². The van der Waals surface area contributed by atoms with E-state index in [1.165, 1.54) is 24.3 Å². The first-order chi connectivity index (χ1) is 13.8. The first-order valence-electron chi connectivity index (χ1n) is 9.72. The van der Waals surface area contributed by atoms with Gasteiger partial charge in [-0.2, -0.15) is 0 Å². The number of benzene rings is 1. The van der Waals surface area contributed by atoms with Crippen molar-refractivity contribution in [1.29, 1.82) is 0 Å². The fourth-order valence-corrected chi connectivity index (χ4v) is 4.75. The molecule has 1 aliphatic rings. The number of halogens is 1. The SMILES string of the molecule is CC(C)c1cn(CC[C@H]2CC[C@@H](NS(=O)(=O)c3ccc(Cl)cc3)[C@H](CO)O2)nn1. The van der Waals surface area contributed by atoms with Gasteiger partial charge in [0.1, 0.15) is 0 Å². The van der Waals surface area contributed by atoms with Crippen molar-refractivity contribution in [1.82, 2.24) is 19.7 Å². The van der Waals surface area contributed by atoms with Crippen molar-refractivity contribution in [2.75, 3.05) is 6.61 Å². The summed E-state index contributed by atoms with van der Waals surface area (Å²) >= 11 is 5.83. The molecule has 8 nitrogen and oxygen atoms in total. The summed E-state index contributed by atoms with van der Waals surface area (Å²) in [4.78, 5) is 0.132. The van der Waals surface area contributed by atoms with Gasteiger partial charge in [0.05, 0.1) is 35.4 Å². The van der Waals surface area contributed by atoms with Crippen LogP contribution in [0.25, 0.3) is 0 Å². The summed E-state index contributed by atoms with van der Waals surface area (Å²) in [7, 11) is -3.72. The fourth-order valence-electron chi connectivity index (χ4n) is 3.32. The summed E-state index contributed by atoms with van der Waals surface area (Å²) in [5.74, 6) is 0.322. The Labute approximate surface area is 176 Å². The lowest BCUT2D eigenvalue weighted by Crippen LogP contribution is -2.50. The molecule has 0 saturated carbocycles. The van der Waals surface area contributed by atoms with Crippen LogP contribution in [0.1, 0.15) is 44.7 Å². The zero-order valence-corrected chi connectivity index (χ0v) is 18.1. The molecule has 0 aliphatic carbocycles. The van der Waals surface area contributed by atoms with Gasteiger partial charge in [-0.25, -0.2) is 13.1 Å². The topological polar surface area (TPSA) is 106 Å². The van der Waals surface area contributed by atoms with E-state index in [2.05, 4.69) is 28.9 Å². The number of aromatic nitrogens is 3. The van der Waals surface area contributed by atoms with Crippen molar-refractivity contribution >= 4 is 21.6 Å². The number of ether oxygens (including phenoxy) is 1. The molecule has 29 heavy (non-hydrogen) atoms. The number of hydrogen-bond acceptors (Lipinski definition) is 6. The van der Waals surface area contributed by atoms with Gasteiger partial charge in [0.15, 0.2) is 0 Å². The molecule has 0 unspecified atom stereocenters. The van der Waals surface area contributed by atoms with Crippen molar-refractivity contribution in [3.8, 4) is 0 Å². The van der Waals surface area contributed by atoms with Crippen LogP contribution in [0, 0.1) is 0 Å². The van der Waals surface area contributed by atoms with Crippen LogP contribution in [-0.4, -0.2) is 53.4 Å². The average Bonchev–Trinajstić information content (AvgIpc) is 3.17. The lowest BCUT2D eigenvalue weighted by molar-refractivity contribution is -0.0891. The fraction of sp³-hybridized carbons (Fsp3) is 0.579. The summed E-state index contributed by atoms with van der Waals surface area (Å²) in [6.07, 6.45) is 3.24. The van der Waals surface area contributed by atoms with E-state index in [0.717, 1.165) is 5.69 Å². The van der Waals surface area contributed by atoms with E-state index in [1.54, 1.807) is 4.68 Å². The molecule has 1 aromatic heterocycles. The summed E-state index contributed by atoms with van der Waals surface area (Å²) in [6, 6.07) is 5.48. The molecule has 2 N–H and O–H groups in total. The van der Waals surface area contributed by atoms with Gasteiger partial charge in [-0.1, -0.05) is 30.7 Å². The van der Waals surface area contributed by atoms with Crippen molar-refractivity contribution in [2.24, 2.45) is 0 Å². The predicted octanol–water partition coefficient (Wildman–Crippen LogP) is 2.33. The molecule has 0 bridgehead atoms. The van der Waals surface area contributed by atoms with Crippen LogP contribution in [0.4, 0.5) is 0 Å². The van der Waals surface area contributed by atoms with Crippen LogP contribution in [-0.2, 0) is 21.3 Å². The first-order valence-corrected chi connectivity index (χ1v) is 11.6. The second-order valence-electron chi connectivity index (χ2n) is 7.59. The molecule has 3 atom stereocenters. The minimum Gasteiger partial charge on any atom is -0.394 e. The summed E-state index contributed by atoms with van der Waals surface area (Å²) < 4.78 is 35.6. The van der Waals surface area contributed by atoms with Crippen LogP contribution in [0.15, 0.2) is 35.4 Å². The predicted molar refractivity (Wildman–Crippen MR) is 109 cm³/mol. The Kier molecular flexibility index (Phi) is 7.28. The zero-order valence-electron chi connectivity index (χ0n) is 16.5. The maximum atomic E-state index is 12.6. The van der Waals surface area contributed by atoms with Gasteiger partial charge < -0.3 is 9.84 Å². The van der Waals surface area contributed by atoms with Gasteiger partial charge in [0.2, 0.25) is 10.0 Å². The van der Waals surface area contributed by atoms with Gasteiger partial charge in [-0.3, -0.25) is 4.68 Å². The highest BCUT2D eigenvalue weighted by Gasteiger charge is 2.33.